The Balaban J connectivity index is 1.44. The Kier molecular flexibility index (Phi) is 9.13. The molecule has 0 unspecified atom stereocenters. The summed E-state index contributed by atoms with van der Waals surface area (Å²) in [4.78, 5) is 0. The van der Waals surface area contributed by atoms with Gasteiger partial charge in [-0.3, -0.25) is 0 Å². The van der Waals surface area contributed by atoms with Crippen LogP contribution in [0, 0.1) is 6.92 Å². The van der Waals surface area contributed by atoms with E-state index in [4.69, 9.17) is 33.2 Å². The van der Waals surface area contributed by atoms with Crippen molar-refractivity contribution in [3.05, 3.63) is 46.5 Å². The molecular formula is C30H38O15. The largest absolute Gasteiger partial charge is 0.497 e. The number of ether oxygens (including phenoxy) is 7. The lowest BCUT2D eigenvalue weighted by atomic mass is 9.90. The summed E-state index contributed by atoms with van der Waals surface area (Å²) in [6.07, 6.45) is -16.4. The molecule has 45 heavy (non-hydrogen) atoms. The maximum absolute atomic E-state index is 11.6. The van der Waals surface area contributed by atoms with Crippen molar-refractivity contribution in [1.29, 1.82) is 0 Å². The van der Waals surface area contributed by atoms with Gasteiger partial charge in [0, 0.05) is 12.0 Å². The highest BCUT2D eigenvalue weighted by molar-refractivity contribution is 5.64. The van der Waals surface area contributed by atoms with E-state index in [2.05, 4.69) is 0 Å². The van der Waals surface area contributed by atoms with Crippen LogP contribution in [0.15, 0.2) is 24.3 Å². The van der Waals surface area contributed by atoms with E-state index in [1.807, 2.05) is 0 Å². The van der Waals surface area contributed by atoms with Crippen LogP contribution < -0.4 is 18.9 Å². The van der Waals surface area contributed by atoms with Gasteiger partial charge in [-0.15, -0.1) is 0 Å². The average molecular weight is 639 g/mol. The molecule has 4 heterocycles. The number of rotatable bonds is 6. The third-order valence-electron chi connectivity index (χ3n) is 8.80. The van der Waals surface area contributed by atoms with E-state index in [-0.39, 0.29) is 41.4 Å². The first-order valence-corrected chi connectivity index (χ1v) is 14.6. The van der Waals surface area contributed by atoms with Crippen molar-refractivity contribution in [2.75, 3.05) is 20.3 Å². The molecule has 248 valence electrons. The van der Waals surface area contributed by atoms with E-state index in [0.29, 0.717) is 11.3 Å². The summed E-state index contributed by atoms with van der Waals surface area (Å²) in [5.41, 5.74) is 1.52. The first-order valence-electron chi connectivity index (χ1n) is 14.6. The standard InChI is InChI=1S/C30H38O15/c1-11-25-14(10-40-28-23(37)21(35)18(9-32)43-30(28)44-25)27(45-29-24(38)22(36)20(34)17(8-31)42-29)19-15(33)7-16(41-26(11)19)12-3-5-13(39-2)6-4-12/h3-6,15-18,20-24,28-38H,7-10H2,1-2H3/t15-,16+,17-,18-,20-,21-,22+,23+,24-,28-,29+,30+/m1/s1. The minimum atomic E-state index is -1.77. The summed E-state index contributed by atoms with van der Waals surface area (Å²) in [6.45, 7) is 0.0772. The normalized spacial score (nSPS) is 37.6. The van der Waals surface area contributed by atoms with E-state index in [0.717, 1.165) is 5.56 Å². The molecule has 4 aliphatic rings. The number of benzene rings is 2. The summed E-state index contributed by atoms with van der Waals surface area (Å²) < 4.78 is 41.4. The van der Waals surface area contributed by atoms with Crippen LogP contribution in [-0.2, 0) is 20.8 Å². The molecule has 12 atom stereocenters. The van der Waals surface area contributed by atoms with Crippen molar-refractivity contribution in [3.8, 4) is 23.0 Å². The fourth-order valence-electron chi connectivity index (χ4n) is 6.22. The molecule has 8 N–H and O–H groups in total. The lowest BCUT2D eigenvalue weighted by Crippen LogP contribution is -2.60. The number of aliphatic hydroxyl groups is 8. The Bertz CT molecular complexity index is 1350. The summed E-state index contributed by atoms with van der Waals surface area (Å²) in [6, 6.07) is 7.13. The number of aliphatic hydroxyl groups excluding tert-OH is 8. The fraction of sp³-hybridized carbons (Fsp3) is 0.600. The Labute approximate surface area is 257 Å². The Morgan fingerprint density at radius 3 is 2.13 bits per heavy atom. The Morgan fingerprint density at radius 1 is 0.800 bits per heavy atom. The number of hydrogen-bond acceptors (Lipinski definition) is 15. The van der Waals surface area contributed by atoms with Gasteiger partial charge in [0.15, 0.2) is 0 Å². The van der Waals surface area contributed by atoms with Gasteiger partial charge in [-0.05, 0) is 24.6 Å². The first-order chi connectivity index (χ1) is 21.6. The maximum atomic E-state index is 11.6. The molecular weight excluding hydrogens is 600 g/mol. The molecule has 15 nitrogen and oxygen atoms in total. The smallest absolute Gasteiger partial charge is 0.229 e. The third-order valence-corrected chi connectivity index (χ3v) is 8.80. The third kappa shape index (κ3) is 5.61. The van der Waals surface area contributed by atoms with Crippen LogP contribution in [0.25, 0.3) is 0 Å². The molecule has 2 saturated heterocycles. The second-order valence-electron chi connectivity index (χ2n) is 11.6. The van der Waals surface area contributed by atoms with Crippen molar-refractivity contribution in [3.63, 3.8) is 0 Å². The zero-order chi connectivity index (χ0) is 32.2. The van der Waals surface area contributed by atoms with Crippen molar-refractivity contribution < 1.29 is 74.0 Å². The second kappa shape index (κ2) is 12.8. The van der Waals surface area contributed by atoms with Gasteiger partial charge >= 0.3 is 0 Å². The highest BCUT2D eigenvalue weighted by Gasteiger charge is 2.50. The van der Waals surface area contributed by atoms with E-state index < -0.39 is 86.8 Å². The van der Waals surface area contributed by atoms with Gasteiger partial charge in [-0.25, -0.2) is 0 Å². The van der Waals surface area contributed by atoms with Crippen LogP contribution >= 0.6 is 0 Å². The van der Waals surface area contributed by atoms with Crippen molar-refractivity contribution in [2.24, 2.45) is 0 Å². The van der Waals surface area contributed by atoms with Gasteiger partial charge in [-0.2, -0.15) is 0 Å². The summed E-state index contributed by atoms with van der Waals surface area (Å²) in [5, 5.41) is 83.7. The van der Waals surface area contributed by atoms with E-state index in [9.17, 15) is 40.9 Å². The fourth-order valence-corrected chi connectivity index (χ4v) is 6.22. The Morgan fingerprint density at radius 2 is 1.47 bits per heavy atom. The van der Waals surface area contributed by atoms with Gasteiger partial charge in [0.05, 0.1) is 44.2 Å². The first kappa shape index (κ1) is 32.2. The highest BCUT2D eigenvalue weighted by Crippen LogP contribution is 2.54. The van der Waals surface area contributed by atoms with E-state index in [1.54, 1.807) is 38.3 Å². The quantitative estimate of drug-likeness (QED) is 0.179. The topological polar surface area (TPSA) is 226 Å². The maximum Gasteiger partial charge on any atom is 0.229 e. The molecule has 6 rings (SSSR count). The van der Waals surface area contributed by atoms with Gasteiger partial charge in [0.25, 0.3) is 0 Å². The van der Waals surface area contributed by atoms with Crippen LogP contribution in [0.2, 0.25) is 0 Å². The van der Waals surface area contributed by atoms with Crippen LogP contribution in [0.5, 0.6) is 23.0 Å². The average Bonchev–Trinajstić information content (AvgIpc) is 3.24. The lowest BCUT2D eigenvalue weighted by Gasteiger charge is -2.41. The SMILES string of the molecule is COc1ccc([C@@H]2C[C@@H](O)c3c(c(C)c4c(c3O[C@@H]3O[C@H](CO)[C@@H](O)[C@H](O)[C@H]3O)CO[C@H]3[C@H](O4)O[C@H](CO)[C@@H](O)[C@@H]3O)O2)cc1. The number of fused-ring (bicyclic) bond motifs is 3. The van der Waals surface area contributed by atoms with Gasteiger partial charge in [-0.1, -0.05) is 12.1 Å². The highest BCUT2D eigenvalue weighted by atomic mass is 16.7. The molecule has 0 aromatic heterocycles. The zero-order valence-corrected chi connectivity index (χ0v) is 24.5. The van der Waals surface area contributed by atoms with Crippen LogP contribution in [0.3, 0.4) is 0 Å². The molecule has 2 aromatic carbocycles. The summed E-state index contributed by atoms with van der Waals surface area (Å²) >= 11 is 0. The van der Waals surface area contributed by atoms with Crippen LogP contribution in [-0.4, -0.2) is 123 Å². The molecule has 0 saturated carbocycles. The molecule has 0 bridgehead atoms. The van der Waals surface area contributed by atoms with E-state index >= 15 is 0 Å². The predicted octanol–water partition coefficient (Wildman–Crippen LogP) is -1.54. The molecule has 0 radical (unpaired) electrons. The van der Waals surface area contributed by atoms with Crippen molar-refractivity contribution >= 4 is 0 Å². The summed E-state index contributed by atoms with van der Waals surface area (Å²) in [7, 11) is 1.55. The molecule has 2 fully saturated rings. The van der Waals surface area contributed by atoms with Crippen molar-refractivity contribution in [2.45, 2.75) is 93.6 Å². The number of methoxy groups -OCH3 is 1. The Hall–Kier alpha value is -2.80. The van der Waals surface area contributed by atoms with Crippen LogP contribution in [0.1, 0.15) is 40.9 Å². The lowest BCUT2D eigenvalue weighted by molar-refractivity contribution is -0.285. The molecule has 4 aliphatic heterocycles. The molecule has 0 spiro atoms. The second-order valence-corrected chi connectivity index (χ2v) is 11.6. The number of hydrogen-bond donors (Lipinski definition) is 8. The van der Waals surface area contributed by atoms with Gasteiger partial charge < -0.3 is 74.0 Å². The molecule has 0 amide bonds. The zero-order valence-electron chi connectivity index (χ0n) is 24.5. The van der Waals surface area contributed by atoms with Crippen LogP contribution in [0.4, 0.5) is 0 Å². The monoisotopic (exact) mass is 638 g/mol. The summed E-state index contributed by atoms with van der Waals surface area (Å²) in [5.74, 6) is 0.865. The minimum Gasteiger partial charge on any atom is -0.497 e. The molecule has 15 heteroatoms. The van der Waals surface area contributed by atoms with E-state index in [1.165, 1.54) is 0 Å². The molecule has 2 aromatic rings. The minimum absolute atomic E-state index is 0.0806. The molecule has 0 aliphatic carbocycles. The van der Waals surface area contributed by atoms with Gasteiger partial charge in [0.1, 0.15) is 77.9 Å². The predicted molar refractivity (Wildman–Crippen MR) is 148 cm³/mol. The van der Waals surface area contributed by atoms with Crippen molar-refractivity contribution in [1.82, 2.24) is 0 Å². The van der Waals surface area contributed by atoms with Gasteiger partial charge in [0.2, 0.25) is 12.6 Å².